The van der Waals surface area contributed by atoms with E-state index in [1.807, 2.05) is 6.20 Å². The fourth-order valence-electron chi connectivity index (χ4n) is 4.68. The zero-order chi connectivity index (χ0) is 13.5. The Morgan fingerprint density at radius 2 is 2.05 bits per heavy atom. The highest BCUT2D eigenvalue weighted by atomic mass is 16.2. The Morgan fingerprint density at radius 3 is 2.65 bits per heavy atom. The first kappa shape index (κ1) is 12.4. The number of fused-ring (bicyclic) bond motifs is 2. The van der Waals surface area contributed by atoms with Crippen LogP contribution in [0.2, 0.25) is 0 Å². The van der Waals surface area contributed by atoms with Crippen molar-refractivity contribution in [1.82, 2.24) is 14.9 Å². The molecule has 1 aliphatic heterocycles. The third-order valence-electron chi connectivity index (χ3n) is 5.82. The molecule has 0 spiro atoms. The summed E-state index contributed by atoms with van der Waals surface area (Å²) in [7, 11) is 0. The van der Waals surface area contributed by atoms with Gasteiger partial charge in [0, 0.05) is 36.8 Å². The summed E-state index contributed by atoms with van der Waals surface area (Å²) in [6, 6.07) is 0. The number of piperidine rings is 1. The fraction of sp³-hybridized carbons (Fsp3) is 0.750. The van der Waals surface area contributed by atoms with E-state index in [2.05, 4.69) is 14.9 Å². The Balaban J connectivity index is 1.36. The first-order chi connectivity index (χ1) is 9.81. The average Bonchev–Trinajstić information content (AvgIpc) is 3.23. The first-order valence-electron chi connectivity index (χ1n) is 8.08. The number of H-pyrrole nitrogens is 1. The second kappa shape index (κ2) is 4.90. The van der Waals surface area contributed by atoms with Crippen LogP contribution in [0.1, 0.15) is 50.1 Å². The van der Waals surface area contributed by atoms with Crippen molar-refractivity contribution in [1.29, 1.82) is 0 Å². The molecule has 0 aromatic carbocycles. The van der Waals surface area contributed by atoms with Crippen molar-refractivity contribution in [2.45, 2.75) is 44.4 Å². The van der Waals surface area contributed by atoms with Crippen LogP contribution in [0.3, 0.4) is 0 Å². The van der Waals surface area contributed by atoms with Crippen molar-refractivity contribution in [3.63, 3.8) is 0 Å². The number of imidazole rings is 1. The van der Waals surface area contributed by atoms with Crippen molar-refractivity contribution < 1.29 is 4.79 Å². The molecule has 1 aromatic rings. The molecule has 1 aromatic heterocycles. The molecule has 4 heteroatoms. The molecule has 4 nitrogen and oxygen atoms in total. The molecular formula is C16H23N3O. The van der Waals surface area contributed by atoms with Gasteiger partial charge < -0.3 is 9.88 Å². The first-order valence-corrected chi connectivity index (χ1v) is 8.08. The summed E-state index contributed by atoms with van der Waals surface area (Å²) in [6.45, 7) is 1.85. The maximum atomic E-state index is 12.7. The standard InChI is InChI=1S/C16H23N3O/c20-16(14-8-11-1-2-13(14)7-11)19-5-3-12(4-6-19)15-9-17-10-18-15/h9-14H,1-8H2,(H,17,18). The van der Waals surface area contributed by atoms with Gasteiger partial charge in [-0.05, 0) is 43.9 Å². The Labute approximate surface area is 120 Å². The Kier molecular flexibility index (Phi) is 3.04. The lowest BCUT2D eigenvalue weighted by Crippen LogP contribution is -2.42. The molecule has 2 heterocycles. The van der Waals surface area contributed by atoms with E-state index >= 15 is 0 Å². The molecule has 2 bridgehead atoms. The smallest absolute Gasteiger partial charge is 0.225 e. The highest BCUT2D eigenvalue weighted by molar-refractivity contribution is 5.79. The van der Waals surface area contributed by atoms with Crippen molar-refractivity contribution in [2.24, 2.45) is 17.8 Å². The number of aromatic amines is 1. The van der Waals surface area contributed by atoms with E-state index in [1.54, 1.807) is 6.33 Å². The van der Waals surface area contributed by atoms with Crippen LogP contribution >= 0.6 is 0 Å². The third kappa shape index (κ3) is 2.05. The minimum absolute atomic E-state index is 0.359. The van der Waals surface area contributed by atoms with E-state index in [4.69, 9.17) is 0 Å². The molecule has 3 aliphatic rings. The summed E-state index contributed by atoms with van der Waals surface area (Å²) in [4.78, 5) is 22.1. The predicted octanol–water partition coefficient (Wildman–Crippen LogP) is 2.55. The van der Waals surface area contributed by atoms with Gasteiger partial charge in [-0.15, -0.1) is 0 Å². The summed E-state index contributed by atoms with van der Waals surface area (Å²) in [5.41, 5.74) is 1.23. The molecule has 2 aliphatic carbocycles. The number of carbonyl (C=O) groups is 1. The number of amides is 1. The largest absolute Gasteiger partial charge is 0.348 e. The number of likely N-dealkylation sites (tertiary alicyclic amines) is 1. The van der Waals surface area contributed by atoms with E-state index in [0.29, 0.717) is 23.7 Å². The normalized spacial score (nSPS) is 33.8. The van der Waals surface area contributed by atoms with Crippen molar-refractivity contribution >= 4 is 5.91 Å². The van der Waals surface area contributed by atoms with E-state index in [1.165, 1.54) is 31.4 Å². The van der Waals surface area contributed by atoms with Gasteiger partial charge in [-0.25, -0.2) is 4.98 Å². The second-order valence-electron chi connectivity index (χ2n) is 6.89. The lowest BCUT2D eigenvalue weighted by molar-refractivity contribution is -0.138. The number of hydrogen-bond donors (Lipinski definition) is 1. The molecule has 20 heavy (non-hydrogen) atoms. The molecule has 108 valence electrons. The van der Waals surface area contributed by atoms with Crippen molar-refractivity contribution in [3.05, 3.63) is 18.2 Å². The maximum absolute atomic E-state index is 12.7. The molecule has 1 amide bonds. The average molecular weight is 273 g/mol. The Hall–Kier alpha value is -1.32. The SMILES string of the molecule is O=C(C1CC2CCC1C2)N1CCC(c2cnc[nH]2)CC1. The molecular weight excluding hydrogens is 250 g/mol. The molecule has 1 N–H and O–H groups in total. The molecule has 4 rings (SSSR count). The minimum atomic E-state index is 0.359. The topological polar surface area (TPSA) is 49.0 Å². The third-order valence-corrected chi connectivity index (χ3v) is 5.82. The summed E-state index contributed by atoms with van der Waals surface area (Å²) < 4.78 is 0. The van der Waals surface area contributed by atoms with Gasteiger partial charge in [-0.2, -0.15) is 0 Å². The van der Waals surface area contributed by atoms with Crippen LogP contribution in [0.15, 0.2) is 12.5 Å². The number of hydrogen-bond acceptors (Lipinski definition) is 2. The van der Waals surface area contributed by atoms with E-state index in [0.717, 1.165) is 31.8 Å². The number of aromatic nitrogens is 2. The van der Waals surface area contributed by atoms with Gasteiger partial charge in [0.25, 0.3) is 0 Å². The van der Waals surface area contributed by atoms with Gasteiger partial charge in [-0.3, -0.25) is 4.79 Å². The van der Waals surface area contributed by atoms with E-state index in [9.17, 15) is 4.79 Å². The van der Waals surface area contributed by atoms with Crippen molar-refractivity contribution in [3.8, 4) is 0 Å². The zero-order valence-corrected chi connectivity index (χ0v) is 11.9. The van der Waals surface area contributed by atoms with Crippen LogP contribution in [0.25, 0.3) is 0 Å². The molecule has 3 atom stereocenters. The van der Waals surface area contributed by atoms with Gasteiger partial charge in [0.05, 0.1) is 6.33 Å². The number of carbonyl (C=O) groups excluding carboxylic acids is 1. The van der Waals surface area contributed by atoms with Crippen LogP contribution in [0.4, 0.5) is 0 Å². The Morgan fingerprint density at radius 1 is 1.20 bits per heavy atom. The lowest BCUT2D eigenvalue weighted by atomic mass is 9.86. The highest BCUT2D eigenvalue weighted by Gasteiger charge is 2.44. The van der Waals surface area contributed by atoms with Crippen molar-refractivity contribution in [2.75, 3.05) is 13.1 Å². The zero-order valence-electron chi connectivity index (χ0n) is 11.9. The summed E-state index contributed by atoms with van der Waals surface area (Å²) in [6.07, 6.45) is 11.0. The number of nitrogens with zero attached hydrogens (tertiary/aromatic N) is 2. The second-order valence-corrected chi connectivity index (χ2v) is 6.89. The van der Waals surface area contributed by atoms with Gasteiger partial charge in [0.1, 0.15) is 0 Å². The minimum Gasteiger partial charge on any atom is -0.348 e. The number of nitrogens with one attached hydrogen (secondary N) is 1. The Bertz CT molecular complexity index is 476. The van der Waals surface area contributed by atoms with Gasteiger partial charge in [0.15, 0.2) is 0 Å². The van der Waals surface area contributed by atoms with E-state index in [-0.39, 0.29) is 0 Å². The van der Waals surface area contributed by atoms with Crippen LogP contribution < -0.4 is 0 Å². The summed E-state index contributed by atoms with van der Waals surface area (Å²) in [5.74, 6) is 2.94. The van der Waals surface area contributed by atoms with Crippen LogP contribution in [-0.2, 0) is 4.79 Å². The van der Waals surface area contributed by atoms with Crippen LogP contribution in [0.5, 0.6) is 0 Å². The van der Waals surface area contributed by atoms with Gasteiger partial charge in [-0.1, -0.05) is 6.42 Å². The lowest BCUT2D eigenvalue weighted by Gasteiger charge is -2.35. The van der Waals surface area contributed by atoms with Crippen LogP contribution in [-0.4, -0.2) is 33.9 Å². The van der Waals surface area contributed by atoms with Crippen LogP contribution in [0, 0.1) is 17.8 Å². The maximum Gasteiger partial charge on any atom is 0.225 e. The molecule has 3 unspecified atom stereocenters. The monoisotopic (exact) mass is 273 g/mol. The summed E-state index contributed by atoms with van der Waals surface area (Å²) >= 11 is 0. The highest BCUT2D eigenvalue weighted by Crippen LogP contribution is 2.49. The molecule has 2 saturated carbocycles. The fourth-order valence-corrected chi connectivity index (χ4v) is 4.68. The number of rotatable bonds is 2. The van der Waals surface area contributed by atoms with E-state index < -0.39 is 0 Å². The molecule has 3 fully saturated rings. The van der Waals surface area contributed by atoms with Gasteiger partial charge in [0.2, 0.25) is 5.91 Å². The predicted molar refractivity (Wildman–Crippen MR) is 76.1 cm³/mol. The molecule has 1 saturated heterocycles. The van der Waals surface area contributed by atoms with Gasteiger partial charge >= 0.3 is 0 Å². The molecule has 0 radical (unpaired) electrons. The quantitative estimate of drug-likeness (QED) is 0.900. The summed E-state index contributed by atoms with van der Waals surface area (Å²) in [5, 5.41) is 0.